The van der Waals surface area contributed by atoms with Crippen LogP contribution in [0.1, 0.15) is 6.92 Å². The van der Waals surface area contributed by atoms with E-state index in [0.29, 0.717) is 0 Å². The molecule has 0 fully saturated rings. The van der Waals surface area contributed by atoms with Crippen LogP contribution in [0.15, 0.2) is 0 Å². The molecule has 0 unspecified atom stereocenters. The van der Waals surface area contributed by atoms with Gasteiger partial charge in [-0.3, -0.25) is 9.46 Å². The molecule has 0 aromatic carbocycles. The van der Waals surface area contributed by atoms with Gasteiger partial charge in [0.25, 0.3) is 10.1 Å². The van der Waals surface area contributed by atoms with Crippen molar-refractivity contribution in [3.05, 3.63) is 16.0 Å². The molecule has 0 saturated heterocycles. The molecule has 0 aromatic rings. The van der Waals surface area contributed by atoms with Crippen LogP contribution in [0.25, 0.3) is 16.0 Å². The summed E-state index contributed by atoms with van der Waals surface area (Å²) in [5.41, 5.74) is 13.5. The maximum Gasteiger partial charge on any atom is 0.264 e. The summed E-state index contributed by atoms with van der Waals surface area (Å²) in [6.45, 7) is 1.37. The van der Waals surface area contributed by atoms with Gasteiger partial charge >= 0.3 is 0 Å². The van der Waals surface area contributed by atoms with Crippen molar-refractivity contribution in [3.8, 4) is 0 Å². The van der Waals surface area contributed by atoms with Crippen LogP contribution in [0.5, 0.6) is 0 Å². The van der Waals surface area contributed by atoms with E-state index < -0.39 is 10.1 Å². The number of hydrogen-bond acceptors (Lipinski definition) is 2. The lowest BCUT2D eigenvalue weighted by Crippen LogP contribution is -1.97. The molecule has 0 amide bonds. The highest BCUT2D eigenvalue weighted by Crippen LogP contribution is 1.74. The van der Waals surface area contributed by atoms with Gasteiger partial charge in [-0.1, -0.05) is 0 Å². The number of nitrogens with zero attached hydrogens (tertiary/aromatic N) is 3. The maximum absolute atomic E-state index is 9.56. The zero-order valence-electron chi connectivity index (χ0n) is 4.72. The highest BCUT2D eigenvalue weighted by atomic mass is 32.2. The first-order valence-electron chi connectivity index (χ1n) is 1.91. The molecule has 0 aliphatic heterocycles. The summed E-state index contributed by atoms with van der Waals surface area (Å²) in [6, 6.07) is 0. The van der Waals surface area contributed by atoms with Crippen molar-refractivity contribution in [2.75, 3.05) is 5.75 Å². The Morgan fingerprint density at radius 1 is 1.56 bits per heavy atom. The van der Waals surface area contributed by atoms with Crippen molar-refractivity contribution in [1.29, 1.82) is 0 Å². The smallest absolute Gasteiger partial charge is 0.264 e. The minimum atomic E-state index is -3.66. The van der Waals surface area contributed by atoms with Crippen LogP contribution in [-0.2, 0) is 10.1 Å². The van der Waals surface area contributed by atoms with Crippen LogP contribution < -0.4 is 0 Å². The zero-order valence-corrected chi connectivity index (χ0v) is 5.54. The highest BCUT2D eigenvalue weighted by Gasteiger charge is 1.93. The third kappa shape index (κ3) is 39.9. The Hall–Kier alpha value is -0.780. The fourth-order valence-corrected chi connectivity index (χ4v) is 0. The zero-order chi connectivity index (χ0) is 7.91. The van der Waals surface area contributed by atoms with E-state index in [9.17, 15) is 8.42 Å². The topological polar surface area (TPSA) is 113 Å². The standard InChI is InChI=1S/C2H6O3S.N3/c1-2-6(3,4)5;1-3-2/h2H2,1H3,(H,3,4,5);/q;-1. The largest absolute Gasteiger partial charge is 0.373 e. The van der Waals surface area contributed by atoms with Crippen molar-refractivity contribution < 1.29 is 13.0 Å². The maximum atomic E-state index is 9.56. The second-order valence-electron chi connectivity index (χ2n) is 0.960. The predicted octanol–water partition coefficient (Wildman–Crippen LogP) is 0.760. The van der Waals surface area contributed by atoms with Crippen LogP contribution in [0.2, 0.25) is 0 Å². The Morgan fingerprint density at radius 2 is 1.67 bits per heavy atom. The lowest BCUT2D eigenvalue weighted by Gasteiger charge is -1.79. The molecule has 54 valence electrons. The van der Waals surface area contributed by atoms with E-state index in [1.54, 1.807) is 0 Å². The molecule has 0 heterocycles. The summed E-state index contributed by atoms with van der Waals surface area (Å²) < 4.78 is 26.9. The van der Waals surface area contributed by atoms with Crippen molar-refractivity contribution >= 4 is 10.1 Å². The van der Waals surface area contributed by atoms with Gasteiger partial charge in [0, 0.05) is 0 Å². The molecule has 0 atom stereocenters. The average Bonchev–Trinajstić information content (AvgIpc) is 1.67. The summed E-state index contributed by atoms with van der Waals surface area (Å²) in [4.78, 5) is 1.50. The molecule has 7 heteroatoms. The molecule has 0 saturated carbocycles. The molecule has 0 aromatic heterocycles. The molecule has 0 rings (SSSR count). The summed E-state index contributed by atoms with van der Waals surface area (Å²) >= 11 is 0. The quantitative estimate of drug-likeness (QED) is 0.259. The van der Waals surface area contributed by atoms with Gasteiger partial charge in [0.15, 0.2) is 0 Å². The van der Waals surface area contributed by atoms with Crippen LogP contribution in [0.4, 0.5) is 0 Å². The summed E-state index contributed by atoms with van der Waals surface area (Å²) in [7, 11) is -3.66. The molecule has 0 spiro atoms. The van der Waals surface area contributed by atoms with E-state index >= 15 is 0 Å². The highest BCUT2D eigenvalue weighted by molar-refractivity contribution is 7.85. The number of hydrogen-bond donors (Lipinski definition) is 1. The van der Waals surface area contributed by atoms with Crippen molar-refractivity contribution in [1.82, 2.24) is 0 Å². The molecule has 9 heavy (non-hydrogen) atoms. The van der Waals surface area contributed by atoms with E-state index in [0.717, 1.165) is 0 Å². The SMILES string of the molecule is CCS(=O)(=O)O.[N-]=[N+]=[N-]. The van der Waals surface area contributed by atoms with Gasteiger partial charge < -0.3 is 11.1 Å². The third-order valence-corrected chi connectivity index (χ3v) is 1.09. The van der Waals surface area contributed by atoms with E-state index in [4.69, 9.17) is 15.6 Å². The van der Waals surface area contributed by atoms with E-state index in [1.165, 1.54) is 11.8 Å². The van der Waals surface area contributed by atoms with Gasteiger partial charge in [-0.2, -0.15) is 8.42 Å². The van der Waals surface area contributed by atoms with Crippen molar-refractivity contribution in [2.24, 2.45) is 0 Å². The molecule has 0 bridgehead atoms. The Balaban J connectivity index is 0. The van der Waals surface area contributed by atoms with E-state index in [2.05, 4.69) is 0 Å². The third-order valence-electron chi connectivity index (χ3n) is 0.365. The van der Waals surface area contributed by atoms with Crippen molar-refractivity contribution in [3.63, 3.8) is 0 Å². The molecular formula is C2H6N3O3S-. The summed E-state index contributed by atoms with van der Waals surface area (Å²) in [6.07, 6.45) is 0. The first-order valence-corrected chi connectivity index (χ1v) is 3.52. The molecular weight excluding hydrogens is 146 g/mol. The van der Waals surface area contributed by atoms with Gasteiger partial charge in [-0.05, 0) is 6.92 Å². The Bertz CT molecular complexity index is 177. The molecule has 6 nitrogen and oxygen atoms in total. The first kappa shape index (κ1) is 11.1. The van der Waals surface area contributed by atoms with Crippen LogP contribution >= 0.6 is 0 Å². The monoisotopic (exact) mass is 152 g/mol. The van der Waals surface area contributed by atoms with Gasteiger partial charge in [0.2, 0.25) is 0 Å². The van der Waals surface area contributed by atoms with Gasteiger partial charge in [-0.15, -0.1) is 0 Å². The van der Waals surface area contributed by atoms with Gasteiger partial charge in [-0.25, -0.2) is 0 Å². The average molecular weight is 152 g/mol. The summed E-state index contributed by atoms with van der Waals surface area (Å²) in [5, 5.41) is 0. The Morgan fingerprint density at radius 3 is 1.67 bits per heavy atom. The van der Waals surface area contributed by atoms with Crippen molar-refractivity contribution in [2.45, 2.75) is 6.92 Å². The fourth-order valence-electron chi connectivity index (χ4n) is 0. The van der Waals surface area contributed by atoms with Crippen LogP contribution in [-0.4, -0.2) is 18.7 Å². The van der Waals surface area contributed by atoms with Gasteiger partial charge in [0.1, 0.15) is 0 Å². The molecule has 0 aliphatic rings. The van der Waals surface area contributed by atoms with E-state index in [1.807, 2.05) is 0 Å². The summed E-state index contributed by atoms with van der Waals surface area (Å²) in [5.74, 6) is -0.201. The minimum absolute atomic E-state index is 0.201. The number of rotatable bonds is 1. The molecule has 1 N–H and O–H groups in total. The van der Waals surface area contributed by atoms with Crippen LogP contribution in [0.3, 0.4) is 0 Å². The second kappa shape index (κ2) is 5.36. The minimum Gasteiger partial charge on any atom is -0.373 e. The van der Waals surface area contributed by atoms with Gasteiger partial charge in [0.05, 0.1) is 5.75 Å². The molecule has 0 aliphatic carbocycles. The normalized spacial score (nSPS) is 8.67. The fraction of sp³-hybridized carbons (Fsp3) is 1.00. The predicted molar refractivity (Wildman–Crippen MR) is 32.2 cm³/mol. The Kier molecular flexibility index (Phi) is 6.59. The lowest BCUT2D eigenvalue weighted by molar-refractivity contribution is 0.484. The van der Waals surface area contributed by atoms with Crippen LogP contribution in [0, 0.1) is 0 Å². The second-order valence-corrected chi connectivity index (χ2v) is 2.70. The molecule has 0 radical (unpaired) electrons. The Labute approximate surface area is 52.7 Å². The lowest BCUT2D eigenvalue weighted by atomic mass is 11.0. The first-order chi connectivity index (χ1) is 3.97. The van der Waals surface area contributed by atoms with E-state index in [-0.39, 0.29) is 5.75 Å².